The van der Waals surface area contributed by atoms with Gasteiger partial charge in [0.05, 0.1) is 5.69 Å². The van der Waals surface area contributed by atoms with Crippen LogP contribution in [0, 0.1) is 0 Å². The Hall–Kier alpha value is -1.92. The summed E-state index contributed by atoms with van der Waals surface area (Å²) >= 11 is 0. The molecule has 0 atom stereocenters. The number of aryl methyl sites for hydroxylation is 1. The van der Waals surface area contributed by atoms with Gasteiger partial charge >= 0.3 is 0 Å². The average molecular weight is 324 g/mol. The number of nitrogens with one attached hydrogen (secondary N) is 2. The zero-order valence-corrected chi connectivity index (χ0v) is 13.7. The Kier molecular flexibility index (Phi) is 7.56. The Morgan fingerprint density at radius 3 is 2.82 bits per heavy atom. The zero-order valence-electron chi connectivity index (χ0n) is 12.9. The molecule has 1 heterocycles. The molecule has 0 aliphatic rings. The van der Waals surface area contributed by atoms with E-state index in [2.05, 4.69) is 20.8 Å². The van der Waals surface area contributed by atoms with Crippen LogP contribution >= 0.6 is 12.4 Å². The maximum absolute atomic E-state index is 12.0. The van der Waals surface area contributed by atoms with Crippen molar-refractivity contribution in [1.29, 1.82) is 0 Å². The van der Waals surface area contributed by atoms with Gasteiger partial charge in [-0.05, 0) is 39.1 Å². The van der Waals surface area contributed by atoms with Gasteiger partial charge < -0.3 is 15.2 Å². The van der Waals surface area contributed by atoms with Gasteiger partial charge in [-0.1, -0.05) is 12.1 Å². The molecule has 0 spiro atoms. The second-order valence-corrected chi connectivity index (χ2v) is 4.74. The van der Waals surface area contributed by atoms with Gasteiger partial charge in [0.15, 0.2) is 5.82 Å². The van der Waals surface area contributed by atoms with Crippen molar-refractivity contribution in [2.45, 2.75) is 26.3 Å². The molecular formula is C15H22ClN5O. The maximum atomic E-state index is 12.0. The van der Waals surface area contributed by atoms with E-state index in [0.29, 0.717) is 6.42 Å². The van der Waals surface area contributed by atoms with Crippen molar-refractivity contribution in [3.63, 3.8) is 0 Å². The number of carbonyl (C=O) groups is 1. The van der Waals surface area contributed by atoms with Crippen LogP contribution in [-0.2, 0) is 11.3 Å². The van der Waals surface area contributed by atoms with Crippen LogP contribution in [0.4, 0.5) is 5.69 Å². The minimum Gasteiger partial charge on any atom is -0.325 e. The van der Waals surface area contributed by atoms with Crippen LogP contribution < -0.4 is 10.6 Å². The number of rotatable bonds is 7. The van der Waals surface area contributed by atoms with Crippen LogP contribution in [0.15, 0.2) is 30.6 Å². The summed E-state index contributed by atoms with van der Waals surface area (Å²) in [6, 6.07) is 7.67. The summed E-state index contributed by atoms with van der Waals surface area (Å²) in [7, 11) is 1.88. The number of nitrogens with zero attached hydrogens (tertiary/aromatic N) is 3. The third-order valence-corrected chi connectivity index (χ3v) is 3.23. The van der Waals surface area contributed by atoms with Gasteiger partial charge in [-0.15, -0.1) is 22.6 Å². The Balaban J connectivity index is 0.00000242. The lowest BCUT2D eigenvalue weighted by Crippen LogP contribution is -2.15. The molecule has 1 aromatic carbocycles. The van der Waals surface area contributed by atoms with Crippen LogP contribution in [0.5, 0.6) is 0 Å². The highest BCUT2D eigenvalue weighted by Gasteiger charge is 2.12. The Labute approximate surface area is 136 Å². The first-order valence-electron chi connectivity index (χ1n) is 7.18. The van der Waals surface area contributed by atoms with E-state index in [1.807, 2.05) is 42.8 Å². The van der Waals surface area contributed by atoms with Crippen molar-refractivity contribution in [2.24, 2.45) is 0 Å². The predicted octanol–water partition coefficient (Wildman–Crippen LogP) is 2.32. The monoisotopic (exact) mass is 323 g/mol. The summed E-state index contributed by atoms with van der Waals surface area (Å²) in [5.41, 5.74) is 1.66. The SMILES string of the molecule is CCn1cnnc1-c1ccccc1NC(=O)CCCNC.Cl. The highest BCUT2D eigenvalue weighted by Crippen LogP contribution is 2.26. The average Bonchev–Trinajstić information content (AvgIpc) is 2.96. The molecule has 120 valence electrons. The van der Waals surface area contributed by atoms with E-state index in [9.17, 15) is 4.79 Å². The van der Waals surface area contributed by atoms with Crippen molar-refractivity contribution in [1.82, 2.24) is 20.1 Å². The summed E-state index contributed by atoms with van der Waals surface area (Å²) in [6.45, 7) is 3.65. The number of amides is 1. The molecule has 2 N–H and O–H groups in total. The molecule has 1 amide bonds. The molecule has 2 rings (SSSR count). The van der Waals surface area contributed by atoms with Crippen molar-refractivity contribution in [2.75, 3.05) is 18.9 Å². The summed E-state index contributed by atoms with van der Waals surface area (Å²) < 4.78 is 1.95. The fraction of sp³-hybridized carbons (Fsp3) is 0.400. The van der Waals surface area contributed by atoms with E-state index in [-0.39, 0.29) is 18.3 Å². The maximum Gasteiger partial charge on any atom is 0.224 e. The smallest absolute Gasteiger partial charge is 0.224 e. The summed E-state index contributed by atoms with van der Waals surface area (Å²) in [5.74, 6) is 0.781. The van der Waals surface area contributed by atoms with Crippen LogP contribution in [-0.4, -0.2) is 34.3 Å². The molecule has 0 fully saturated rings. The van der Waals surface area contributed by atoms with Crippen molar-refractivity contribution >= 4 is 24.0 Å². The quantitative estimate of drug-likeness (QED) is 0.767. The number of hydrogen-bond acceptors (Lipinski definition) is 4. The van der Waals surface area contributed by atoms with E-state index in [0.717, 1.165) is 36.6 Å². The van der Waals surface area contributed by atoms with Crippen molar-refractivity contribution < 1.29 is 4.79 Å². The molecule has 0 aliphatic carbocycles. The third-order valence-electron chi connectivity index (χ3n) is 3.23. The summed E-state index contributed by atoms with van der Waals surface area (Å²) in [4.78, 5) is 12.0. The van der Waals surface area contributed by atoms with Gasteiger partial charge in [-0.25, -0.2) is 0 Å². The topological polar surface area (TPSA) is 71.8 Å². The molecule has 0 saturated heterocycles. The Morgan fingerprint density at radius 1 is 1.32 bits per heavy atom. The van der Waals surface area contributed by atoms with Gasteiger partial charge in [-0.2, -0.15) is 0 Å². The number of para-hydroxylation sites is 1. The van der Waals surface area contributed by atoms with Gasteiger partial charge in [-0.3, -0.25) is 4.79 Å². The van der Waals surface area contributed by atoms with Crippen LogP contribution in [0.25, 0.3) is 11.4 Å². The lowest BCUT2D eigenvalue weighted by molar-refractivity contribution is -0.116. The standard InChI is InChI=1S/C15H21N5O.ClH/c1-3-20-11-17-19-15(20)12-7-4-5-8-13(12)18-14(21)9-6-10-16-2;/h4-5,7-8,11,16H,3,6,9-10H2,1-2H3,(H,18,21);1H. The molecule has 2 aromatic rings. The van der Waals surface area contributed by atoms with Crippen molar-refractivity contribution in [3.05, 3.63) is 30.6 Å². The van der Waals surface area contributed by atoms with E-state index in [1.165, 1.54) is 0 Å². The molecule has 0 saturated carbocycles. The molecule has 0 aliphatic heterocycles. The summed E-state index contributed by atoms with van der Waals surface area (Å²) in [5, 5.41) is 14.1. The molecule has 1 aromatic heterocycles. The lowest BCUT2D eigenvalue weighted by atomic mass is 10.1. The van der Waals surface area contributed by atoms with Crippen molar-refractivity contribution in [3.8, 4) is 11.4 Å². The number of hydrogen-bond donors (Lipinski definition) is 2. The van der Waals surface area contributed by atoms with E-state index in [1.54, 1.807) is 6.33 Å². The number of benzene rings is 1. The van der Waals surface area contributed by atoms with E-state index in [4.69, 9.17) is 0 Å². The highest BCUT2D eigenvalue weighted by atomic mass is 35.5. The molecule has 7 heteroatoms. The number of anilines is 1. The second kappa shape index (κ2) is 9.17. The summed E-state index contributed by atoms with van der Waals surface area (Å²) in [6.07, 6.45) is 3.01. The first-order chi connectivity index (χ1) is 10.3. The predicted molar refractivity (Wildman–Crippen MR) is 90.2 cm³/mol. The highest BCUT2D eigenvalue weighted by molar-refractivity contribution is 5.94. The molecule has 6 nitrogen and oxygen atoms in total. The van der Waals surface area contributed by atoms with Crippen LogP contribution in [0.3, 0.4) is 0 Å². The van der Waals surface area contributed by atoms with Crippen LogP contribution in [0.2, 0.25) is 0 Å². The number of carbonyl (C=O) groups excluding carboxylic acids is 1. The van der Waals surface area contributed by atoms with Gasteiger partial charge in [0.1, 0.15) is 6.33 Å². The Bertz CT molecular complexity index is 599. The third kappa shape index (κ3) is 4.54. The normalized spacial score (nSPS) is 10.1. The molecule has 0 bridgehead atoms. The number of aromatic nitrogens is 3. The lowest BCUT2D eigenvalue weighted by Gasteiger charge is -2.11. The molecule has 0 unspecified atom stereocenters. The van der Waals surface area contributed by atoms with E-state index < -0.39 is 0 Å². The second-order valence-electron chi connectivity index (χ2n) is 4.74. The first kappa shape index (κ1) is 18.1. The fourth-order valence-electron chi connectivity index (χ4n) is 2.12. The first-order valence-corrected chi connectivity index (χ1v) is 7.18. The molecular weight excluding hydrogens is 302 g/mol. The fourth-order valence-corrected chi connectivity index (χ4v) is 2.12. The van der Waals surface area contributed by atoms with E-state index >= 15 is 0 Å². The Morgan fingerprint density at radius 2 is 2.09 bits per heavy atom. The largest absolute Gasteiger partial charge is 0.325 e. The molecule has 22 heavy (non-hydrogen) atoms. The number of halogens is 1. The van der Waals surface area contributed by atoms with Gasteiger partial charge in [0.2, 0.25) is 5.91 Å². The van der Waals surface area contributed by atoms with Gasteiger partial charge in [0.25, 0.3) is 0 Å². The van der Waals surface area contributed by atoms with Gasteiger partial charge in [0, 0.05) is 18.5 Å². The minimum absolute atomic E-state index is 0. The molecule has 0 radical (unpaired) electrons. The van der Waals surface area contributed by atoms with Crippen LogP contribution in [0.1, 0.15) is 19.8 Å². The minimum atomic E-state index is 0. The zero-order chi connectivity index (χ0) is 15.1.